The molecule has 2 atom stereocenters. The zero-order chi connectivity index (χ0) is 46.3. The van der Waals surface area contributed by atoms with Gasteiger partial charge in [-0.25, -0.2) is 4.79 Å². The van der Waals surface area contributed by atoms with Crippen LogP contribution in [0.25, 0.3) is 0 Å². The van der Waals surface area contributed by atoms with Crippen LogP contribution in [-0.4, -0.2) is 87.4 Å². The molecule has 0 aliphatic rings. The van der Waals surface area contributed by atoms with Gasteiger partial charge >= 0.3 is 17.9 Å². The third-order valence-electron chi connectivity index (χ3n) is 11.1. The number of aliphatic carboxylic acids is 1. The van der Waals surface area contributed by atoms with Gasteiger partial charge in [-0.15, -0.1) is 0 Å². The van der Waals surface area contributed by atoms with Gasteiger partial charge in [-0.3, -0.25) is 9.59 Å². The van der Waals surface area contributed by atoms with Crippen LogP contribution >= 0.6 is 0 Å². The first kappa shape index (κ1) is 60.2. The zero-order valence-electron chi connectivity index (χ0n) is 41.5. The van der Waals surface area contributed by atoms with Crippen LogP contribution in [0.2, 0.25) is 0 Å². The summed E-state index contributed by atoms with van der Waals surface area (Å²) in [5, 5.41) is 9.67. The van der Waals surface area contributed by atoms with E-state index in [1.54, 1.807) is 0 Å². The number of carbonyl (C=O) groups is 3. The quantitative estimate of drug-likeness (QED) is 0.0212. The minimum Gasteiger partial charge on any atom is -0.477 e. The largest absolute Gasteiger partial charge is 0.477 e. The first-order chi connectivity index (χ1) is 30.6. The molecule has 0 saturated heterocycles. The lowest BCUT2D eigenvalue weighted by Gasteiger charge is -2.25. The van der Waals surface area contributed by atoms with E-state index in [0.717, 1.165) is 57.8 Å². The number of rotatable bonds is 47. The van der Waals surface area contributed by atoms with Crippen LogP contribution in [0.1, 0.15) is 219 Å². The molecular formula is C54H98NO8+. The standard InChI is InChI=1S/C54H97NO8/c1-6-8-10-12-14-16-18-20-22-24-26-28-30-32-34-36-38-40-42-44-51(56)61-48-50(49-62-54(53(58)59)60-47-46-55(3,4)5)63-52(57)45-43-41-39-37-35-33-31-29-27-25-23-21-19-17-15-13-11-9-7-2/h14-17,20-23,50,54H,6-13,18-19,24-49H2,1-5H3/p+1/b16-14-,17-15-,22-20-,23-21-. The second-order valence-electron chi connectivity index (χ2n) is 18.5. The number of hydrogen-bond acceptors (Lipinski definition) is 7. The lowest BCUT2D eigenvalue weighted by atomic mass is 10.1. The highest BCUT2D eigenvalue weighted by atomic mass is 16.7. The molecule has 9 nitrogen and oxygen atoms in total. The minimum atomic E-state index is -1.51. The molecule has 0 aliphatic carbocycles. The Hall–Kier alpha value is -2.75. The van der Waals surface area contributed by atoms with Crippen LogP contribution in [-0.2, 0) is 33.3 Å². The number of nitrogens with zero attached hydrogens (tertiary/aromatic N) is 1. The zero-order valence-corrected chi connectivity index (χ0v) is 41.5. The first-order valence-corrected chi connectivity index (χ1v) is 25.8. The van der Waals surface area contributed by atoms with Crippen LogP contribution in [0.3, 0.4) is 0 Å². The van der Waals surface area contributed by atoms with Crippen LogP contribution in [0, 0.1) is 0 Å². The molecule has 0 bridgehead atoms. The molecule has 0 fully saturated rings. The molecular weight excluding hydrogens is 791 g/mol. The summed E-state index contributed by atoms with van der Waals surface area (Å²) in [5.74, 6) is -2.01. The van der Waals surface area contributed by atoms with Crippen molar-refractivity contribution in [2.75, 3.05) is 47.5 Å². The van der Waals surface area contributed by atoms with Gasteiger partial charge in [0.2, 0.25) is 0 Å². The molecule has 2 unspecified atom stereocenters. The van der Waals surface area contributed by atoms with Gasteiger partial charge in [-0.2, -0.15) is 0 Å². The molecule has 63 heavy (non-hydrogen) atoms. The van der Waals surface area contributed by atoms with Crippen molar-refractivity contribution < 1.29 is 42.9 Å². The summed E-state index contributed by atoms with van der Waals surface area (Å²) in [6.07, 6.45) is 51.6. The number of esters is 2. The topological polar surface area (TPSA) is 108 Å². The van der Waals surface area contributed by atoms with Gasteiger partial charge in [0, 0.05) is 12.8 Å². The predicted molar refractivity (Wildman–Crippen MR) is 263 cm³/mol. The molecule has 1 N–H and O–H groups in total. The maximum absolute atomic E-state index is 12.8. The van der Waals surface area contributed by atoms with Gasteiger partial charge < -0.3 is 28.5 Å². The third-order valence-corrected chi connectivity index (χ3v) is 11.1. The first-order valence-electron chi connectivity index (χ1n) is 25.8. The molecule has 0 aliphatic heterocycles. The summed E-state index contributed by atoms with van der Waals surface area (Å²) in [5.41, 5.74) is 0. The van der Waals surface area contributed by atoms with E-state index in [-0.39, 0.29) is 32.2 Å². The van der Waals surface area contributed by atoms with Crippen LogP contribution in [0.4, 0.5) is 0 Å². The average Bonchev–Trinajstić information content (AvgIpc) is 3.24. The van der Waals surface area contributed by atoms with E-state index in [9.17, 15) is 19.5 Å². The van der Waals surface area contributed by atoms with E-state index in [1.165, 1.54) is 128 Å². The molecule has 0 amide bonds. The SMILES string of the molecule is CCCCC/C=C\C/C=C\CCCCCCCCCCCC(=O)OCC(COC(OCC[N+](C)(C)C)C(=O)O)OC(=O)CCCCCCCCCCC/C=C\C/C=C\CCCCC. The fourth-order valence-electron chi connectivity index (χ4n) is 7.01. The van der Waals surface area contributed by atoms with Gasteiger partial charge in [0.15, 0.2) is 6.10 Å². The number of ether oxygens (including phenoxy) is 4. The van der Waals surface area contributed by atoms with Crippen molar-refractivity contribution in [1.82, 2.24) is 0 Å². The Morgan fingerprint density at radius 2 is 0.857 bits per heavy atom. The number of carbonyl (C=O) groups excluding carboxylic acids is 2. The Morgan fingerprint density at radius 1 is 0.476 bits per heavy atom. The number of likely N-dealkylation sites (N-methyl/N-ethyl adjacent to an activating group) is 1. The summed E-state index contributed by atoms with van der Waals surface area (Å²) in [4.78, 5) is 37.3. The molecule has 0 spiro atoms. The van der Waals surface area contributed by atoms with Crippen molar-refractivity contribution in [1.29, 1.82) is 0 Å². The van der Waals surface area contributed by atoms with Crippen molar-refractivity contribution >= 4 is 17.9 Å². The summed E-state index contributed by atoms with van der Waals surface area (Å²) in [6.45, 7) is 4.83. The van der Waals surface area contributed by atoms with Crippen LogP contribution in [0.5, 0.6) is 0 Å². The molecule has 0 aromatic rings. The Balaban J connectivity index is 4.35. The second-order valence-corrected chi connectivity index (χ2v) is 18.5. The third kappa shape index (κ3) is 47.0. The highest BCUT2D eigenvalue weighted by molar-refractivity contribution is 5.71. The van der Waals surface area contributed by atoms with Crippen molar-refractivity contribution in [3.8, 4) is 0 Å². The molecule has 0 aromatic carbocycles. The summed E-state index contributed by atoms with van der Waals surface area (Å²) >= 11 is 0. The van der Waals surface area contributed by atoms with E-state index in [1.807, 2.05) is 21.1 Å². The van der Waals surface area contributed by atoms with Crippen LogP contribution < -0.4 is 0 Å². The summed E-state index contributed by atoms with van der Waals surface area (Å²) in [6, 6.07) is 0. The van der Waals surface area contributed by atoms with Crippen LogP contribution in [0.15, 0.2) is 48.6 Å². The average molecular weight is 889 g/mol. The fourth-order valence-corrected chi connectivity index (χ4v) is 7.01. The monoisotopic (exact) mass is 889 g/mol. The van der Waals surface area contributed by atoms with E-state index in [0.29, 0.717) is 23.9 Å². The van der Waals surface area contributed by atoms with Gasteiger partial charge in [0.05, 0.1) is 34.4 Å². The maximum Gasteiger partial charge on any atom is 0.361 e. The lowest BCUT2D eigenvalue weighted by Crippen LogP contribution is -2.40. The van der Waals surface area contributed by atoms with E-state index >= 15 is 0 Å². The molecule has 9 heteroatoms. The summed E-state index contributed by atoms with van der Waals surface area (Å²) < 4.78 is 22.8. The Bertz CT molecular complexity index is 1170. The Kier molecular flexibility index (Phi) is 43.8. The number of hydrogen-bond donors (Lipinski definition) is 1. The van der Waals surface area contributed by atoms with E-state index < -0.39 is 24.3 Å². The number of allylic oxidation sites excluding steroid dienone is 8. The van der Waals surface area contributed by atoms with E-state index in [2.05, 4.69) is 62.5 Å². The van der Waals surface area contributed by atoms with E-state index in [4.69, 9.17) is 18.9 Å². The van der Waals surface area contributed by atoms with Gasteiger partial charge in [0.25, 0.3) is 6.29 Å². The Morgan fingerprint density at radius 3 is 1.25 bits per heavy atom. The molecule has 0 radical (unpaired) electrons. The maximum atomic E-state index is 12.8. The van der Waals surface area contributed by atoms with Crippen molar-refractivity contribution in [3.05, 3.63) is 48.6 Å². The predicted octanol–water partition coefficient (Wildman–Crippen LogP) is 14.3. The number of carboxylic acids is 1. The highest BCUT2D eigenvalue weighted by Crippen LogP contribution is 2.15. The fraction of sp³-hybridized carbons (Fsp3) is 0.796. The summed E-state index contributed by atoms with van der Waals surface area (Å²) in [7, 11) is 5.96. The molecule has 366 valence electrons. The smallest absolute Gasteiger partial charge is 0.361 e. The number of carboxylic acid groups (broad SMARTS) is 1. The number of unbranched alkanes of at least 4 members (excludes halogenated alkanes) is 24. The Labute approximate surface area is 387 Å². The number of quaternary nitrogens is 1. The lowest BCUT2D eigenvalue weighted by molar-refractivity contribution is -0.870. The normalized spacial score (nSPS) is 13.2. The highest BCUT2D eigenvalue weighted by Gasteiger charge is 2.25. The van der Waals surface area contributed by atoms with Crippen molar-refractivity contribution in [2.45, 2.75) is 232 Å². The van der Waals surface area contributed by atoms with Gasteiger partial charge in [-0.05, 0) is 77.0 Å². The molecule has 0 saturated carbocycles. The molecule has 0 aromatic heterocycles. The van der Waals surface area contributed by atoms with Crippen molar-refractivity contribution in [3.63, 3.8) is 0 Å². The van der Waals surface area contributed by atoms with Gasteiger partial charge in [0.1, 0.15) is 13.2 Å². The second kappa shape index (κ2) is 45.8. The minimum absolute atomic E-state index is 0.185. The molecule has 0 heterocycles. The van der Waals surface area contributed by atoms with Gasteiger partial charge in [-0.1, -0.05) is 178 Å². The van der Waals surface area contributed by atoms with Crippen molar-refractivity contribution in [2.24, 2.45) is 0 Å². The molecule has 0 rings (SSSR count).